The number of amides is 2. The highest BCUT2D eigenvalue weighted by molar-refractivity contribution is 5.71. The van der Waals surface area contributed by atoms with E-state index in [1.165, 1.54) is 5.56 Å². The zero-order valence-corrected chi connectivity index (χ0v) is 9.07. The van der Waals surface area contributed by atoms with E-state index < -0.39 is 6.03 Å². The number of hydrogen-bond acceptors (Lipinski definition) is 1. The number of benzene rings is 1. The lowest BCUT2D eigenvalue weighted by molar-refractivity contribution is 0.245. The van der Waals surface area contributed by atoms with Crippen LogP contribution in [0.2, 0.25) is 0 Å². The molecule has 0 aromatic heterocycles. The summed E-state index contributed by atoms with van der Waals surface area (Å²) >= 11 is 0. The summed E-state index contributed by atoms with van der Waals surface area (Å²) < 4.78 is 0. The summed E-state index contributed by atoms with van der Waals surface area (Å²) in [6, 6.07) is 10.0. The molecular weight excluding hydrogens is 188 g/mol. The minimum atomic E-state index is -0.442. The smallest absolute Gasteiger partial charge is 0.312 e. The van der Waals surface area contributed by atoms with Gasteiger partial charge in [0.1, 0.15) is 0 Å². The average Bonchev–Trinajstić information content (AvgIpc) is 2.18. The van der Waals surface area contributed by atoms with Crippen molar-refractivity contribution in [2.75, 3.05) is 0 Å². The summed E-state index contributed by atoms with van der Waals surface area (Å²) in [6.07, 6.45) is 3.06. The fraction of sp³-hybridized carbons (Fsp3) is 0.417. The number of hydrogen-bond donors (Lipinski definition) is 2. The molecule has 3 nitrogen and oxygen atoms in total. The molecule has 0 fully saturated rings. The van der Waals surface area contributed by atoms with Crippen LogP contribution in [0.15, 0.2) is 30.3 Å². The predicted molar refractivity (Wildman–Crippen MR) is 61.6 cm³/mol. The van der Waals surface area contributed by atoms with Crippen LogP contribution in [0.1, 0.15) is 25.3 Å². The maximum Gasteiger partial charge on any atom is 0.312 e. The van der Waals surface area contributed by atoms with Crippen LogP contribution in [0.5, 0.6) is 0 Å². The number of urea groups is 1. The van der Waals surface area contributed by atoms with Crippen molar-refractivity contribution in [3.8, 4) is 0 Å². The second-order valence-corrected chi connectivity index (χ2v) is 3.79. The van der Waals surface area contributed by atoms with Gasteiger partial charge in [0.2, 0.25) is 0 Å². The molecule has 1 aromatic rings. The van der Waals surface area contributed by atoms with E-state index in [9.17, 15) is 4.79 Å². The second-order valence-electron chi connectivity index (χ2n) is 3.79. The third kappa shape index (κ3) is 5.05. The van der Waals surface area contributed by atoms with Gasteiger partial charge in [0.25, 0.3) is 0 Å². The largest absolute Gasteiger partial charge is 0.352 e. The van der Waals surface area contributed by atoms with Crippen LogP contribution in [0.25, 0.3) is 0 Å². The van der Waals surface area contributed by atoms with E-state index in [0.717, 1.165) is 19.3 Å². The molecule has 0 aliphatic rings. The number of primary amides is 1. The van der Waals surface area contributed by atoms with E-state index in [1.807, 2.05) is 25.1 Å². The molecule has 1 rings (SSSR count). The molecule has 0 aliphatic heterocycles. The molecule has 1 atom stereocenters. The Kier molecular flexibility index (Phi) is 4.68. The van der Waals surface area contributed by atoms with Gasteiger partial charge >= 0.3 is 6.03 Å². The van der Waals surface area contributed by atoms with Crippen molar-refractivity contribution >= 4 is 6.03 Å². The van der Waals surface area contributed by atoms with E-state index in [4.69, 9.17) is 5.73 Å². The monoisotopic (exact) mass is 206 g/mol. The molecule has 1 aromatic carbocycles. The highest BCUT2D eigenvalue weighted by atomic mass is 16.2. The Labute approximate surface area is 90.7 Å². The molecule has 0 aliphatic carbocycles. The van der Waals surface area contributed by atoms with Crippen molar-refractivity contribution in [2.24, 2.45) is 5.73 Å². The van der Waals surface area contributed by atoms with Gasteiger partial charge in [-0.25, -0.2) is 4.79 Å². The quantitative estimate of drug-likeness (QED) is 0.761. The number of nitrogens with two attached hydrogens (primary N) is 1. The Morgan fingerprint density at radius 3 is 2.67 bits per heavy atom. The van der Waals surface area contributed by atoms with Crippen LogP contribution >= 0.6 is 0 Å². The summed E-state index contributed by atoms with van der Waals surface area (Å²) in [5.74, 6) is 0. The van der Waals surface area contributed by atoms with Crippen molar-refractivity contribution in [1.29, 1.82) is 0 Å². The van der Waals surface area contributed by atoms with E-state index in [-0.39, 0.29) is 6.04 Å². The first kappa shape index (κ1) is 11.6. The van der Waals surface area contributed by atoms with Crippen molar-refractivity contribution in [3.05, 3.63) is 35.9 Å². The summed E-state index contributed by atoms with van der Waals surface area (Å²) in [4.78, 5) is 10.6. The highest BCUT2D eigenvalue weighted by Gasteiger charge is 2.03. The highest BCUT2D eigenvalue weighted by Crippen LogP contribution is 2.06. The predicted octanol–water partition coefficient (Wildman–Crippen LogP) is 2.07. The number of carbonyl (C=O) groups is 1. The van der Waals surface area contributed by atoms with Gasteiger partial charge in [-0.05, 0) is 31.7 Å². The maximum absolute atomic E-state index is 10.6. The molecular formula is C12H18N2O. The Hall–Kier alpha value is -1.51. The van der Waals surface area contributed by atoms with E-state index in [2.05, 4.69) is 17.4 Å². The second kappa shape index (κ2) is 6.06. The Bertz CT molecular complexity index is 298. The van der Waals surface area contributed by atoms with Gasteiger partial charge in [0, 0.05) is 6.04 Å². The molecule has 0 saturated carbocycles. The molecule has 0 spiro atoms. The van der Waals surface area contributed by atoms with Crippen molar-refractivity contribution in [2.45, 2.75) is 32.2 Å². The normalized spacial score (nSPS) is 12.1. The summed E-state index contributed by atoms with van der Waals surface area (Å²) in [5, 5.41) is 2.67. The first-order valence-corrected chi connectivity index (χ1v) is 5.28. The van der Waals surface area contributed by atoms with Crippen molar-refractivity contribution in [1.82, 2.24) is 5.32 Å². The molecule has 82 valence electrons. The molecule has 0 heterocycles. The minimum Gasteiger partial charge on any atom is -0.352 e. The number of rotatable bonds is 5. The fourth-order valence-electron chi connectivity index (χ4n) is 1.57. The average molecular weight is 206 g/mol. The van der Waals surface area contributed by atoms with Crippen LogP contribution in [0.3, 0.4) is 0 Å². The zero-order chi connectivity index (χ0) is 11.1. The molecule has 0 saturated heterocycles. The molecule has 0 radical (unpaired) electrons. The SMILES string of the molecule is C[C@H](CCCc1ccccc1)NC(N)=O. The third-order valence-corrected chi connectivity index (χ3v) is 2.33. The topological polar surface area (TPSA) is 55.1 Å². The van der Waals surface area contributed by atoms with Gasteiger partial charge < -0.3 is 11.1 Å². The molecule has 15 heavy (non-hydrogen) atoms. The van der Waals surface area contributed by atoms with Gasteiger partial charge in [0.15, 0.2) is 0 Å². The Morgan fingerprint density at radius 1 is 1.40 bits per heavy atom. The molecule has 0 bridgehead atoms. The molecule has 0 unspecified atom stereocenters. The number of carbonyl (C=O) groups excluding carboxylic acids is 1. The van der Waals surface area contributed by atoms with E-state index in [0.29, 0.717) is 0 Å². The van der Waals surface area contributed by atoms with E-state index in [1.54, 1.807) is 0 Å². The Balaban J connectivity index is 2.19. The summed E-state index contributed by atoms with van der Waals surface area (Å²) in [6.45, 7) is 1.97. The molecule has 3 heteroatoms. The maximum atomic E-state index is 10.6. The standard InChI is InChI=1S/C12H18N2O/c1-10(14-12(13)15)6-5-9-11-7-3-2-4-8-11/h2-4,7-8,10H,5-6,9H2,1H3,(H3,13,14,15)/t10-/m1/s1. The first-order chi connectivity index (χ1) is 7.18. The number of aryl methyl sites for hydroxylation is 1. The lowest BCUT2D eigenvalue weighted by Crippen LogP contribution is -2.36. The van der Waals surface area contributed by atoms with Crippen LogP contribution in [-0.2, 0) is 6.42 Å². The zero-order valence-electron chi connectivity index (χ0n) is 9.07. The Morgan fingerprint density at radius 2 is 2.07 bits per heavy atom. The number of nitrogens with one attached hydrogen (secondary N) is 1. The van der Waals surface area contributed by atoms with Crippen molar-refractivity contribution < 1.29 is 4.79 Å². The van der Waals surface area contributed by atoms with Crippen LogP contribution < -0.4 is 11.1 Å². The van der Waals surface area contributed by atoms with Gasteiger partial charge in [-0.15, -0.1) is 0 Å². The lowest BCUT2D eigenvalue weighted by atomic mass is 10.1. The minimum absolute atomic E-state index is 0.159. The van der Waals surface area contributed by atoms with Gasteiger partial charge in [0.05, 0.1) is 0 Å². The summed E-state index contributed by atoms with van der Waals surface area (Å²) in [5.41, 5.74) is 6.36. The first-order valence-electron chi connectivity index (χ1n) is 5.28. The van der Waals surface area contributed by atoms with Gasteiger partial charge in [-0.3, -0.25) is 0 Å². The molecule has 2 amide bonds. The van der Waals surface area contributed by atoms with E-state index >= 15 is 0 Å². The third-order valence-electron chi connectivity index (χ3n) is 2.33. The van der Waals surface area contributed by atoms with Crippen molar-refractivity contribution in [3.63, 3.8) is 0 Å². The van der Waals surface area contributed by atoms with Crippen LogP contribution in [0.4, 0.5) is 4.79 Å². The molecule has 3 N–H and O–H groups in total. The fourth-order valence-corrected chi connectivity index (χ4v) is 1.57. The van der Waals surface area contributed by atoms with Crippen LogP contribution in [-0.4, -0.2) is 12.1 Å². The summed E-state index contributed by atoms with van der Waals surface area (Å²) in [7, 11) is 0. The lowest BCUT2D eigenvalue weighted by Gasteiger charge is -2.11. The van der Waals surface area contributed by atoms with Gasteiger partial charge in [-0.2, -0.15) is 0 Å². The van der Waals surface area contributed by atoms with Crippen LogP contribution in [0, 0.1) is 0 Å². The van der Waals surface area contributed by atoms with Gasteiger partial charge in [-0.1, -0.05) is 30.3 Å².